The lowest BCUT2D eigenvalue weighted by atomic mass is 9.32. The van der Waals surface area contributed by atoms with Crippen molar-refractivity contribution in [2.24, 2.45) is 56.7 Å². The van der Waals surface area contributed by atoms with Gasteiger partial charge in [0, 0.05) is 11.5 Å². The molecular weight excluding hydrogens is 600 g/mol. The molecule has 0 amide bonds. The number of esters is 1. The Labute approximate surface area is 290 Å². The van der Waals surface area contributed by atoms with Gasteiger partial charge in [0.2, 0.25) is 5.75 Å². The lowest BCUT2D eigenvalue weighted by Crippen LogP contribution is -2.66. The van der Waals surface area contributed by atoms with Crippen LogP contribution >= 0.6 is 0 Å². The van der Waals surface area contributed by atoms with Gasteiger partial charge in [0.1, 0.15) is 0 Å². The van der Waals surface area contributed by atoms with Gasteiger partial charge in [0.05, 0.1) is 34.0 Å². The highest BCUT2D eigenvalue weighted by atomic mass is 16.5. The Hall–Kier alpha value is -2.47. The van der Waals surface area contributed by atoms with Crippen LogP contribution in [0, 0.1) is 56.7 Å². The number of benzene rings is 1. The summed E-state index contributed by atoms with van der Waals surface area (Å²) in [4.78, 5) is 13.3. The Balaban J connectivity index is 1.24. The smallest absolute Gasteiger partial charge is 0.330 e. The molecule has 1 N–H and O–H groups in total. The minimum Gasteiger partial charge on any atom is -0.493 e. The van der Waals surface area contributed by atoms with Crippen molar-refractivity contribution in [2.75, 3.05) is 27.9 Å². The maximum absolute atomic E-state index is 13.3. The van der Waals surface area contributed by atoms with Gasteiger partial charge in [0.15, 0.2) is 11.5 Å². The summed E-state index contributed by atoms with van der Waals surface area (Å²) in [6, 6.07) is 3.66. The number of aliphatic hydroxyl groups is 1. The summed E-state index contributed by atoms with van der Waals surface area (Å²) in [7, 11) is 4.75. The molecule has 6 nitrogen and oxygen atoms in total. The van der Waals surface area contributed by atoms with E-state index in [1.807, 2.05) is 12.1 Å². The van der Waals surface area contributed by atoms with Gasteiger partial charge in [0.25, 0.3) is 0 Å². The first-order valence-corrected chi connectivity index (χ1v) is 18.6. The summed E-state index contributed by atoms with van der Waals surface area (Å²) < 4.78 is 22.6. The number of carbonyl (C=O) groups is 1. The van der Waals surface area contributed by atoms with Crippen LogP contribution in [-0.2, 0) is 9.53 Å². The van der Waals surface area contributed by atoms with E-state index in [0.29, 0.717) is 53.4 Å². The number of hydrogen-bond donors (Lipinski definition) is 1. The largest absolute Gasteiger partial charge is 0.493 e. The molecule has 10 atom stereocenters. The second kappa shape index (κ2) is 12.4. The van der Waals surface area contributed by atoms with Crippen LogP contribution in [-0.4, -0.2) is 45.1 Å². The fourth-order valence-electron chi connectivity index (χ4n) is 13.1. The highest BCUT2D eigenvalue weighted by Gasteiger charge is 2.71. The molecule has 48 heavy (non-hydrogen) atoms. The van der Waals surface area contributed by atoms with Gasteiger partial charge in [-0.05, 0) is 146 Å². The minimum absolute atomic E-state index is 0.00884. The van der Waals surface area contributed by atoms with E-state index in [4.69, 9.17) is 18.9 Å². The van der Waals surface area contributed by atoms with Crippen molar-refractivity contribution in [1.29, 1.82) is 0 Å². The average molecular weight is 663 g/mol. The fraction of sp³-hybridized carbons (Fsp3) is 0.738. The number of fused-ring (bicyclic) bond motifs is 7. The van der Waals surface area contributed by atoms with Crippen LogP contribution in [0.3, 0.4) is 0 Å². The third kappa shape index (κ3) is 5.16. The molecule has 0 spiro atoms. The second-order valence-electron chi connectivity index (χ2n) is 17.8. The van der Waals surface area contributed by atoms with E-state index < -0.39 is 0 Å². The first kappa shape index (κ1) is 35.4. The number of hydrogen-bond acceptors (Lipinski definition) is 6. The average Bonchev–Trinajstić information content (AvgIpc) is 3.44. The van der Waals surface area contributed by atoms with E-state index in [0.717, 1.165) is 37.7 Å². The molecule has 0 bridgehead atoms. The number of ether oxygens (including phenoxy) is 4. The summed E-state index contributed by atoms with van der Waals surface area (Å²) in [5.74, 6) is 4.08. The van der Waals surface area contributed by atoms with Crippen molar-refractivity contribution in [3.8, 4) is 17.2 Å². The Kier molecular flexibility index (Phi) is 9.13. The molecule has 5 fully saturated rings. The summed E-state index contributed by atoms with van der Waals surface area (Å²) in [6.07, 6.45) is 14.7. The molecule has 5 saturated carbocycles. The zero-order valence-electron chi connectivity index (χ0n) is 31.2. The molecule has 0 aromatic heterocycles. The summed E-state index contributed by atoms with van der Waals surface area (Å²) in [6.45, 7) is 19.8. The second-order valence-corrected chi connectivity index (χ2v) is 17.8. The zero-order valence-corrected chi connectivity index (χ0v) is 31.2. The molecule has 0 radical (unpaired) electrons. The van der Waals surface area contributed by atoms with E-state index in [1.54, 1.807) is 27.4 Å². The maximum Gasteiger partial charge on any atom is 0.330 e. The van der Waals surface area contributed by atoms with Crippen molar-refractivity contribution >= 4 is 12.0 Å². The van der Waals surface area contributed by atoms with Crippen LogP contribution in [0.2, 0.25) is 0 Å². The first-order chi connectivity index (χ1) is 22.6. The van der Waals surface area contributed by atoms with Gasteiger partial charge in [-0.15, -0.1) is 0 Å². The number of rotatable bonds is 8. The molecule has 5 aliphatic rings. The van der Waals surface area contributed by atoms with E-state index in [9.17, 15) is 9.90 Å². The van der Waals surface area contributed by atoms with E-state index >= 15 is 0 Å². The molecule has 6 heteroatoms. The van der Waals surface area contributed by atoms with Crippen LogP contribution in [0.5, 0.6) is 17.2 Å². The number of carbonyl (C=O) groups excluding carboxylic acids is 1. The fourth-order valence-corrected chi connectivity index (χ4v) is 13.1. The third-order valence-electron chi connectivity index (χ3n) is 15.8. The quantitative estimate of drug-likeness (QED) is 0.170. The Morgan fingerprint density at radius 3 is 2.17 bits per heavy atom. The van der Waals surface area contributed by atoms with Crippen LogP contribution in [0.25, 0.3) is 6.08 Å². The van der Waals surface area contributed by atoms with Gasteiger partial charge in [-0.1, -0.05) is 46.8 Å². The maximum atomic E-state index is 13.3. The van der Waals surface area contributed by atoms with Crippen molar-refractivity contribution in [2.45, 2.75) is 112 Å². The SMILES string of the molecule is C=C(C)[C@@H]1CC[C@]2(COC(=O)/C=C/c3cc(OC)c(OC)c(OC)c3)CC[C@]3(C)C(CCC4[C@@]5(C)CC[C@H](O)C(C)(C)C5CC[C@]43C)C12. The number of aliphatic hydroxyl groups excluding tert-OH is 1. The van der Waals surface area contributed by atoms with Crippen molar-refractivity contribution < 1.29 is 28.8 Å². The Bertz CT molecular complexity index is 1420. The lowest BCUT2D eigenvalue weighted by Gasteiger charge is -2.73. The molecular formula is C42H62O6. The van der Waals surface area contributed by atoms with Crippen molar-refractivity contribution in [3.63, 3.8) is 0 Å². The van der Waals surface area contributed by atoms with Gasteiger partial charge in [-0.3, -0.25) is 0 Å². The predicted molar refractivity (Wildman–Crippen MR) is 191 cm³/mol. The molecule has 5 aliphatic carbocycles. The minimum atomic E-state index is -0.312. The van der Waals surface area contributed by atoms with Crippen molar-refractivity contribution in [3.05, 3.63) is 35.9 Å². The third-order valence-corrected chi connectivity index (χ3v) is 15.8. The molecule has 6 rings (SSSR count). The molecule has 0 saturated heterocycles. The number of allylic oxidation sites excluding steroid dienone is 1. The standard InChI is InChI=1S/C42H62O6/c1-26(2)28-15-20-42(25-48-35(44)14-11-27-23-30(45-8)37(47-10)31(24-27)46-9)22-21-40(6)29(36(28)42)12-13-33-39(5)18-17-34(43)38(3,4)32(39)16-19-41(33,40)7/h11,14,23-24,28-29,32-34,36,43H,1,12-13,15-22,25H2,2-10H3/b14-11+/t28-,29?,32?,33?,34-,36?,39-,40+,41+,42+/m0/s1. The summed E-state index contributed by atoms with van der Waals surface area (Å²) >= 11 is 0. The van der Waals surface area contributed by atoms with Crippen LogP contribution in [0.15, 0.2) is 30.4 Å². The molecule has 0 aliphatic heterocycles. The highest BCUT2D eigenvalue weighted by Crippen LogP contribution is 2.77. The number of methoxy groups -OCH3 is 3. The molecule has 4 unspecified atom stereocenters. The Morgan fingerprint density at radius 2 is 1.54 bits per heavy atom. The van der Waals surface area contributed by atoms with Gasteiger partial charge < -0.3 is 24.1 Å². The predicted octanol–water partition coefficient (Wildman–Crippen LogP) is 9.29. The topological polar surface area (TPSA) is 74.2 Å². The van der Waals surface area contributed by atoms with E-state index in [2.05, 4.69) is 48.1 Å². The zero-order chi connectivity index (χ0) is 34.9. The van der Waals surface area contributed by atoms with Crippen LogP contribution < -0.4 is 14.2 Å². The first-order valence-electron chi connectivity index (χ1n) is 18.6. The molecule has 1 aromatic carbocycles. The molecule has 1 aromatic rings. The van der Waals surface area contributed by atoms with Crippen LogP contribution in [0.1, 0.15) is 111 Å². The molecule has 266 valence electrons. The van der Waals surface area contributed by atoms with Gasteiger partial charge in [-0.25, -0.2) is 4.79 Å². The van der Waals surface area contributed by atoms with E-state index in [1.165, 1.54) is 43.8 Å². The van der Waals surface area contributed by atoms with E-state index in [-0.39, 0.29) is 39.1 Å². The lowest BCUT2D eigenvalue weighted by molar-refractivity contribution is -0.249. The Morgan fingerprint density at radius 1 is 0.854 bits per heavy atom. The van der Waals surface area contributed by atoms with Crippen molar-refractivity contribution in [1.82, 2.24) is 0 Å². The summed E-state index contributed by atoms with van der Waals surface area (Å²) in [5, 5.41) is 11.1. The summed E-state index contributed by atoms with van der Waals surface area (Å²) in [5.41, 5.74) is 2.78. The monoisotopic (exact) mass is 662 g/mol. The normalized spacial score (nSPS) is 41.4. The highest BCUT2D eigenvalue weighted by molar-refractivity contribution is 5.87. The molecule has 0 heterocycles. The van der Waals surface area contributed by atoms with Gasteiger partial charge in [-0.2, -0.15) is 0 Å². The van der Waals surface area contributed by atoms with Crippen LogP contribution in [0.4, 0.5) is 0 Å². The van der Waals surface area contributed by atoms with Gasteiger partial charge >= 0.3 is 5.97 Å².